The number of aryl methyl sites for hydroxylation is 1. The molecule has 1 amide bonds. The third-order valence-corrected chi connectivity index (χ3v) is 5.98. The van der Waals surface area contributed by atoms with E-state index in [1.807, 2.05) is 37.3 Å². The minimum Gasteiger partial charge on any atom is -0.508 e. The standard InChI is InChI=1S/C25H22N4O3S/c1-16-8-3-6-13-22(16)29-24(32)20-11-4-5-12-21(20)26-25(29)33-15-23(31)28-27-17(2)18-9-7-10-19(30)14-18/h3-14,30H,15H2,1-2H3,(H,28,31)/b27-17-. The van der Waals surface area contributed by atoms with Crippen molar-refractivity contribution in [2.75, 3.05) is 5.75 Å². The number of hydrogen-bond acceptors (Lipinski definition) is 6. The zero-order chi connectivity index (χ0) is 23.4. The maximum absolute atomic E-state index is 13.3. The van der Waals surface area contributed by atoms with Crippen LogP contribution in [0.2, 0.25) is 0 Å². The van der Waals surface area contributed by atoms with E-state index in [-0.39, 0.29) is 23.0 Å². The summed E-state index contributed by atoms with van der Waals surface area (Å²) < 4.78 is 1.55. The van der Waals surface area contributed by atoms with Gasteiger partial charge in [-0.05, 0) is 49.7 Å². The number of phenols is 1. The summed E-state index contributed by atoms with van der Waals surface area (Å²) in [6.45, 7) is 3.67. The lowest BCUT2D eigenvalue weighted by Crippen LogP contribution is -2.25. The molecule has 0 aliphatic carbocycles. The van der Waals surface area contributed by atoms with Crippen LogP contribution in [-0.2, 0) is 4.79 Å². The smallest absolute Gasteiger partial charge is 0.266 e. The quantitative estimate of drug-likeness (QED) is 0.197. The molecule has 2 N–H and O–H groups in total. The SMILES string of the molecule is C/C(=N/NC(=O)CSc1nc2ccccc2c(=O)n1-c1ccccc1C)c1cccc(O)c1. The Kier molecular flexibility index (Phi) is 6.55. The molecule has 0 bridgehead atoms. The Balaban J connectivity index is 1.60. The van der Waals surface area contributed by atoms with E-state index in [1.54, 1.807) is 54.0 Å². The van der Waals surface area contributed by atoms with Crippen LogP contribution in [0.3, 0.4) is 0 Å². The fourth-order valence-corrected chi connectivity index (χ4v) is 4.14. The Hall–Kier alpha value is -3.91. The molecule has 0 aliphatic heterocycles. The van der Waals surface area contributed by atoms with Gasteiger partial charge in [-0.1, -0.05) is 54.2 Å². The van der Waals surface area contributed by atoms with Crippen molar-refractivity contribution in [1.29, 1.82) is 0 Å². The Bertz CT molecular complexity index is 1430. The lowest BCUT2D eigenvalue weighted by Gasteiger charge is -2.14. The van der Waals surface area contributed by atoms with Gasteiger partial charge in [0.1, 0.15) is 5.75 Å². The molecule has 0 fully saturated rings. The molecule has 166 valence electrons. The van der Waals surface area contributed by atoms with Crippen LogP contribution in [0.1, 0.15) is 18.1 Å². The van der Waals surface area contributed by atoms with Crippen LogP contribution in [-0.4, -0.2) is 32.0 Å². The first-order chi connectivity index (χ1) is 15.9. The molecule has 0 atom stereocenters. The van der Waals surface area contributed by atoms with Crippen LogP contribution in [0.25, 0.3) is 16.6 Å². The van der Waals surface area contributed by atoms with Crippen molar-refractivity contribution in [1.82, 2.24) is 15.0 Å². The predicted molar refractivity (Wildman–Crippen MR) is 131 cm³/mol. The van der Waals surface area contributed by atoms with E-state index in [0.29, 0.717) is 27.3 Å². The molecule has 7 nitrogen and oxygen atoms in total. The number of nitrogens with one attached hydrogen (secondary N) is 1. The lowest BCUT2D eigenvalue weighted by molar-refractivity contribution is -0.118. The van der Waals surface area contributed by atoms with Crippen LogP contribution in [0.15, 0.2) is 87.8 Å². The van der Waals surface area contributed by atoms with Gasteiger partial charge in [0.25, 0.3) is 11.5 Å². The van der Waals surface area contributed by atoms with Gasteiger partial charge in [-0.3, -0.25) is 14.2 Å². The number of para-hydroxylation sites is 2. The van der Waals surface area contributed by atoms with E-state index in [4.69, 9.17) is 0 Å². The van der Waals surface area contributed by atoms with E-state index >= 15 is 0 Å². The lowest BCUT2D eigenvalue weighted by atomic mass is 10.1. The van der Waals surface area contributed by atoms with Gasteiger partial charge < -0.3 is 5.11 Å². The number of aromatic nitrogens is 2. The molecular weight excluding hydrogens is 436 g/mol. The number of hydrazone groups is 1. The summed E-state index contributed by atoms with van der Waals surface area (Å²) in [6, 6.07) is 21.4. The largest absolute Gasteiger partial charge is 0.508 e. The Labute approximate surface area is 194 Å². The summed E-state index contributed by atoms with van der Waals surface area (Å²) in [5.74, 6) is -0.188. The Morgan fingerprint density at radius 2 is 1.85 bits per heavy atom. The molecule has 0 aliphatic rings. The van der Waals surface area contributed by atoms with Crippen molar-refractivity contribution < 1.29 is 9.90 Å². The van der Waals surface area contributed by atoms with Gasteiger partial charge in [-0.15, -0.1) is 0 Å². The Morgan fingerprint density at radius 3 is 2.64 bits per heavy atom. The first-order valence-electron chi connectivity index (χ1n) is 10.3. The molecule has 0 radical (unpaired) electrons. The maximum atomic E-state index is 13.3. The predicted octanol–water partition coefficient (Wildman–Crippen LogP) is 4.03. The number of benzene rings is 3. The molecule has 1 aromatic heterocycles. The van der Waals surface area contributed by atoms with Crippen molar-refractivity contribution in [3.05, 3.63) is 94.3 Å². The zero-order valence-corrected chi connectivity index (χ0v) is 19.0. The van der Waals surface area contributed by atoms with E-state index < -0.39 is 0 Å². The maximum Gasteiger partial charge on any atom is 0.266 e. The summed E-state index contributed by atoms with van der Waals surface area (Å²) in [6.07, 6.45) is 0. The third kappa shape index (κ3) is 4.96. The van der Waals surface area contributed by atoms with Gasteiger partial charge in [-0.2, -0.15) is 5.10 Å². The molecule has 4 rings (SSSR count). The normalized spacial score (nSPS) is 11.5. The van der Waals surface area contributed by atoms with E-state index in [2.05, 4.69) is 15.5 Å². The topological polar surface area (TPSA) is 96.6 Å². The monoisotopic (exact) mass is 458 g/mol. The van der Waals surface area contributed by atoms with Crippen molar-refractivity contribution in [3.63, 3.8) is 0 Å². The van der Waals surface area contributed by atoms with Gasteiger partial charge in [0.2, 0.25) is 0 Å². The summed E-state index contributed by atoms with van der Waals surface area (Å²) >= 11 is 1.17. The number of phenolic OH excluding ortho intramolecular Hbond substituents is 1. The van der Waals surface area contributed by atoms with Gasteiger partial charge in [0.05, 0.1) is 28.1 Å². The average Bonchev–Trinajstić information content (AvgIpc) is 2.82. The minimum atomic E-state index is -0.335. The Morgan fingerprint density at radius 1 is 1.09 bits per heavy atom. The number of rotatable bonds is 6. The molecule has 8 heteroatoms. The number of fused-ring (bicyclic) bond motifs is 1. The molecule has 33 heavy (non-hydrogen) atoms. The summed E-state index contributed by atoms with van der Waals surface area (Å²) in [5.41, 5.74) is 5.83. The molecule has 0 saturated carbocycles. The van der Waals surface area contributed by atoms with Crippen LogP contribution >= 0.6 is 11.8 Å². The van der Waals surface area contributed by atoms with E-state index in [0.717, 1.165) is 11.3 Å². The van der Waals surface area contributed by atoms with E-state index in [9.17, 15) is 14.7 Å². The highest BCUT2D eigenvalue weighted by Gasteiger charge is 2.16. The molecule has 0 unspecified atom stereocenters. The molecule has 1 heterocycles. The van der Waals surface area contributed by atoms with Crippen molar-refractivity contribution in [2.24, 2.45) is 5.10 Å². The van der Waals surface area contributed by atoms with Gasteiger partial charge >= 0.3 is 0 Å². The van der Waals surface area contributed by atoms with Crippen molar-refractivity contribution in [3.8, 4) is 11.4 Å². The van der Waals surface area contributed by atoms with Gasteiger partial charge in [0.15, 0.2) is 5.16 Å². The van der Waals surface area contributed by atoms with Crippen LogP contribution in [0.4, 0.5) is 0 Å². The highest BCUT2D eigenvalue weighted by Crippen LogP contribution is 2.23. The average molecular weight is 459 g/mol. The summed E-state index contributed by atoms with van der Waals surface area (Å²) in [5, 5.41) is 14.7. The van der Waals surface area contributed by atoms with Crippen molar-refractivity contribution in [2.45, 2.75) is 19.0 Å². The number of carbonyl (C=O) groups is 1. The highest BCUT2D eigenvalue weighted by atomic mass is 32.2. The minimum absolute atomic E-state index is 0.0213. The number of aromatic hydroxyl groups is 1. The number of nitrogens with zero attached hydrogens (tertiary/aromatic N) is 3. The fourth-order valence-electron chi connectivity index (χ4n) is 3.34. The highest BCUT2D eigenvalue weighted by molar-refractivity contribution is 7.99. The summed E-state index contributed by atoms with van der Waals surface area (Å²) in [4.78, 5) is 30.5. The van der Waals surface area contributed by atoms with Crippen molar-refractivity contribution >= 4 is 34.3 Å². The molecular formula is C25H22N4O3S. The van der Waals surface area contributed by atoms with Gasteiger partial charge in [-0.25, -0.2) is 10.4 Å². The molecule has 0 spiro atoms. The number of amides is 1. The number of carbonyl (C=O) groups excluding carboxylic acids is 1. The van der Waals surface area contributed by atoms with Crippen LogP contribution < -0.4 is 11.0 Å². The zero-order valence-electron chi connectivity index (χ0n) is 18.1. The van der Waals surface area contributed by atoms with Crippen LogP contribution in [0.5, 0.6) is 5.75 Å². The number of thioether (sulfide) groups is 1. The molecule has 4 aromatic rings. The second-order valence-corrected chi connectivity index (χ2v) is 8.35. The molecule has 3 aromatic carbocycles. The van der Waals surface area contributed by atoms with Gasteiger partial charge in [0, 0.05) is 5.56 Å². The third-order valence-electron chi connectivity index (χ3n) is 5.05. The van der Waals surface area contributed by atoms with E-state index in [1.165, 1.54) is 11.8 Å². The first-order valence-corrected chi connectivity index (χ1v) is 11.3. The second kappa shape index (κ2) is 9.70. The second-order valence-electron chi connectivity index (χ2n) is 7.41. The molecule has 0 saturated heterocycles. The number of hydrogen-bond donors (Lipinski definition) is 2. The first kappa shape index (κ1) is 22.3. The fraction of sp³-hybridized carbons (Fsp3) is 0.120. The van der Waals surface area contributed by atoms with Crippen LogP contribution in [0, 0.1) is 6.92 Å². The summed E-state index contributed by atoms with van der Waals surface area (Å²) in [7, 11) is 0.